The molecule has 0 amide bonds. The zero-order chi connectivity index (χ0) is 20.6. The van der Waals surface area contributed by atoms with Gasteiger partial charge >= 0.3 is 0 Å². The van der Waals surface area contributed by atoms with Gasteiger partial charge in [0.1, 0.15) is 12.4 Å². The summed E-state index contributed by atoms with van der Waals surface area (Å²) < 4.78 is 5.90. The average molecular weight is 429 g/mol. The smallest absolute Gasteiger partial charge is 0.120 e. The van der Waals surface area contributed by atoms with Gasteiger partial charge in [0.2, 0.25) is 0 Å². The van der Waals surface area contributed by atoms with Crippen molar-refractivity contribution < 1.29 is 14.9 Å². The predicted octanol–water partition coefficient (Wildman–Crippen LogP) is 6.12. The van der Waals surface area contributed by atoms with E-state index in [1.165, 1.54) is 0 Å². The third-order valence-corrected chi connectivity index (χ3v) is 6.09. The first-order valence-corrected chi connectivity index (χ1v) is 10.8. The molecule has 0 bridgehead atoms. The van der Waals surface area contributed by atoms with Gasteiger partial charge in [0.15, 0.2) is 0 Å². The number of hydrogen-bond acceptors (Lipinski definition) is 4. The van der Waals surface area contributed by atoms with E-state index in [2.05, 4.69) is 0 Å². The number of aliphatic hydroxyl groups excluding tert-OH is 2. The second kappa shape index (κ2) is 10.7. The summed E-state index contributed by atoms with van der Waals surface area (Å²) in [6.07, 6.45) is -0.0912. The minimum absolute atomic E-state index is 0.0692. The van der Waals surface area contributed by atoms with Crippen molar-refractivity contribution in [2.24, 2.45) is 5.92 Å². The lowest BCUT2D eigenvalue weighted by Gasteiger charge is -2.21. The molecule has 3 aromatic carbocycles. The lowest BCUT2D eigenvalue weighted by Crippen LogP contribution is -2.16. The number of benzene rings is 3. The first-order chi connectivity index (χ1) is 14.1. The van der Waals surface area contributed by atoms with Crippen molar-refractivity contribution in [1.29, 1.82) is 0 Å². The normalized spacial score (nSPS) is 13.1. The molecule has 2 atom stereocenters. The second-order valence-electron chi connectivity index (χ2n) is 6.83. The first kappa shape index (κ1) is 21.7. The number of halogens is 1. The van der Waals surface area contributed by atoms with Gasteiger partial charge in [-0.2, -0.15) is 0 Å². The summed E-state index contributed by atoms with van der Waals surface area (Å²) in [6.45, 7) is 2.40. The monoisotopic (exact) mass is 428 g/mol. The molecule has 0 saturated carbocycles. The van der Waals surface area contributed by atoms with E-state index >= 15 is 0 Å². The molecule has 0 radical (unpaired) electrons. The maximum absolute atomic E-state index is 10.5. The molecule has 0 saturated heterocycles. The molecule has 0 aliphatic rings. The lowest BCUT2D eigenvalue weighted by atomic mass is 9.94. The van der Waals surface area contributed by atoms with Crippen LogP contribution in [-0.4, -0.2) is 16.8 Å². The molecule has 0 aliphatic carbocycles. The molecule has 0 spiro atoms. The van der Waals surface area contributed by atoms with Gasteiger partial charge in [-0.3, -0.25) is 0 Å². The lowest BCUT2D eigenvalue weighted by molar-refractivity contribution is 0.0647. The van der Waals surface area contributed by atoms with Gasteiger partial charge < -0.3 is 14.9 Å². The molecule has 0 aliphatic heterocycles. The van der Waals surface area contributed by atoms with Crippen LogP contribution in [0.2, 0.25) is 5.02 Å². The summed E-state index contributed by atoms with van der Waals surface area (Å²) in [5, 5.41) is 20.4. The molecule has 0 fully saturated rings. The van der Waals surface area contributed by atoms with Gasteiger partial charge in [-0.05, 0) is 47.9 Å². The van der Waals surface area contributed by atoms with Gasteiger partial charge in [0, 0.05) is 27.3 Å². The largest absolute Gasteiger partial charge is 0.489 e. The minimum atomic E-state index is -0.772. The number of aliphatic hydroxyl groups is 2. The summed E-state index contributed by atoms with van der Waals surface area (Å²) in [6, 6.07) is 23.6. The highest BCUT2D eigenvalue weighted by atomic mass is 35.5. The number of ether oxygens (including phenoxy) is 1. The van der Waals surface area contributed by atoms with Crippen molar-refractivity contribution >= 4 is 23.4 Å². The van der Waals surface area contributed by atoms with Gasteiger partial charge in [-0.15, -0.1) is 0 Å². The third kappa shape index (κ3) is 6.00. The highest BCUT2D eigenvalue weighted by Crippen LogP contribution is 2.36. The molecule has 2 N–H and O–H groups in total. The molecule has 152 valence electrons. The summed E-state index contributed by atoms with van der Waals surface area (Å²) >= 11 is 8.00. The Hall–Kier alpha value is -1.98. The van der Waals surface area contributed by atoms with Crippen LogP contribution >= 0.6 is 23.4 Å². The molecular formula is C24H25ClO3S. The van der Waals surface area contributed by atoms with E-state index in [0.29, 0.717) is 23.6 Å². The highest BCUT2D eigenvalue weighted by Gasteiger charge is 2.21. The molecular weight excluding hydrogens is 404 g/mol. The Labute approximate surface area is 181 Å². The topological polar surface area (TPSA) is 49.7 Å². The van der Waals surface area contributed by atoms with E-state index in [1.54, 1.807) is 11.8 Å². The highest BCUT2D eigenvalue weighted by molar-refractivity contribution is 7.99. The standard InChI is InChI=1S/C24H25ClO3S/c1-2-18(15-26)24(27)22-12-11-21(14-23(22)25)29-20-10-6-9-19(13-20)28-16-17-7-4-3-5-8-17/h3-14,18,24,26-27H,2,15-16H2,1H3. The zero-order valence-electron chi connectivity index (χ0n) is 16.3. The summed E-state index contributed by atoms with van der Waals surface area (Å²) in [7, 11) is 0. The van der Waals surface area contributed by atoms with E-state index in [0.717, 1.165) is 21.1 Å². The third-order valence-electron chi connectivity index (χ3n) is 4.79. The fourth-order valence-corrected chi connectivity index (χ4v) is 4.29. The van der Waals surface area contributed by atoms with Crippen LogP contribution in [0.5, 0.6) is 5.75 Å². The van der Waals surface area contributed by atoms with Crippen LogP contribution in [0, 0.1) is 5.92 Å². The van der Waals surface area contributed by atoms with Crippen LogP contribution in [-0.2, 0) is 6.61 Å². The summed E-state index contributed by atoms with van der Waals surface area (Å²) in [5.74, 6) is 0.593. The average Bonchev–Trinajstić information content (AvgIpc) is 2.74. The van der Waals surface area contributed by atoms with Crippen LogP contribution in [0.4, 0.5) is 0 Å². The van der Waals surface area contributed by atoms with E-state index in [4.69, 9.17) is 16.3 Å². The SMILES string of the molecule is CCC(CO)C(O)c1ccc(Sc2cccc(OCc3ccccc3)c2)cc1Cl. The Kier molecular flexibility index (Phi) is 8.01. The van der Waals surface area contributed by atoms with Crippen LogP contribution < -0.4 is 4.74 Å². The Morgan fingerprint density at radius 1 is 0.966 bits per heavy atom. The van der Waals surface area contributed by atoms with Crippen LogP contribution in [0.1, 0.15) is 30.6 Å². The van der Waals surface area contributed by atoms with E-state index in [1.807, 2.05) is 79.7 Å². The number of rotatable bonds is 9. The van der Waals surface area contributed by atoms with Gasteiger partial charge in [0.05, 0.1) is 6.10 Å². The Morgan fingerprint density at radius 2 is 1.72 bits per heavy atom. The van der Waals surface area contributed by atoms with Crippen molar-refractivity contribution in [3.8, 4) is 5.75 Å². The summed E-state index contributed by atoms with van der Waals surface area (Å²) in [5.41, 5.74) is 1.77. The summed E-state index contributed by atoms with van der Waals surface area (Å²) in [4.78, 5) is 2.02. The molecule has 3 rings (SSSR count). The number of hydrogen-bond donors (Lipinski definition) is 2. The zero-order valence-corrected chi connectivity index (χ0v) is 17.9. The molecule has 0 aromatic heterocycles. The van der Waals surface area contributed by atoms with Crippen LogP contribution in [0.25, 0.3) is 0 Å². The predicted molar refractivity (Wildman–Crippen MR) is 119 cm³/mol. The first-order valence-electron chi connectivity index (χ1n) is 9.63. The van der Waals surface area contributed by atoms with Crippen LogP contribution in [0.15, 0.2) is 82.6 Å². The van der Waals surface area contributed by atoms with Gasteiger partial charge in [0.25, 0.3) is 0 Å². The van der Waals surface area contributed by atoms with E-state index < -0.39 is 6.10 Å². The Balaban J connectivity index is 1.67. The van der Waals surface area contributed by atoms with E-state index in [9.17, 15) is 10.2 Å². The van der Waals surface area contributed by atoms with E-state index in [-0.39, 0.29) is 12.5 Å². The van der Waals surface area contributed by atoms with Crippen molar-refractivity contribution in [3.05, 3.63) is 88.9 Å². The van der Waals surface area contributed by atoms with Gasteiger partial charge in [-0.1, -0.05) is 72.8 Å². The Bertz CT molecular complexity index is 913. The molecule has 3 aromatic rings. The minimum Gasteiger partial charge on any atom is -0.489 e. The van der Waals surface area contributed by atoms with Crippen molar-refractivity contribution in [1.82, 2.24) is 0 Å². The van der Waals surface area contributed by atoms with Crippen LogP contribution in [0.3, 0.4) is 0 Å². The molecule has 5 heteroatoms. The maximum atomic E-state index is 10.5. The van der Waals surface area contributed by atoms with Crippen molar-refractivity contribution in [2.45, 2.75) is 35.8 Å². The van der Waals surface area contributed by atoms with Crippen molar-refractivity contribution in [2.75, 3.05) is 6.61 Å². The quantitative estimate of drug-likeness (QED) is 0.431. The fraction of sp³-hybridized carbons (Fsp3) is 0.250. The molecule has 3 nitrogen and oxygen atoms in total. The molecule has 2 unspecified atom stereocenters. The Morgan fingerprint density at radius 3 is 2.41 bits per heavy atom. The van der Waals surface area contributed by atoms with Gasteiger partial charge in [-0.25, -0.2) is 0 Å². The van der Waals surface area contributed by atoms with Crippen molar-refractivity contribution in [3.63, 3.8) is 0 Å². The maximum Gasteiger partial charge on any atom is 0.120 e. The molecule has 0 heterocycles. The second-order valence-corrected chi connectivity index (χ2v) is 8.38. The fourth-order valence-electron chi connectivity index (χ4n) is 3.02. The molecule has 29 heavy (non-hydrogen) atoms.